The molecular formula is C25H24N4O6. The summed E-state index contributed by atoms with van der Waals surface area (Å²) in [6, 6.07) is 11.5. The van der Waals surface area contributed by atoms with Crippen LogP contribution in [-0.4, -0.2) is 60.0 Å². The van der Waals surface area contributed by atoms with Crippen molar-refractivity contribution in [3.8, 4) is 17.1 Å². The molecule has 10 heteroatoms. The normalized spacial score (nSPS) is 11.6. The Hall–Kier alpha value is -4.60. The molecule has 180 valence electrons. The number of methoxy groups -OCH3 is 2. The van der Waals surface area contributed by atoms with E-state index in [0.29, 0.717) is 22.8 Å². The number of H-pyrrole nitrogens is 1. The van der Waals surface area contributed by atoms with E-state index in [1.807, 2.05) is 24.3 Å². The van der Waals surface area contributed by atoms with Gasteiger partial charge in [0.1, 0.15) is 11.8 Å². The highest BCUT2D eigenvalue weighted by Crippen LogP contribution is 2.32. The highest BCUT2D eigenvalue weighted by molar-refractivity contribution is 6.39. The Morgan fingerprint density at radius 3 is 2.69 bits per heavy atom. The number of nitrogens with one attached hydrogen (secondary N) is 2. The second kappa shape index (κ2) is 10.1. The van der Waals surface area contributed by atoms with E-state index in [-0.39, 0.29) is 6.42 Å². The van der Waals surface area contributed by atoms with Gasteiger partial charge in [-0.25, -0.2) is 9.78 Å². The Labute approximate surface area is 200 Å². The largest absolute Gasteiger partial charge is 0.496 e. The maximum atomic E-state index is 13.0. The van der Waals surface area contributed by atoms with Gasteiger partial charge in [-0.15, -0.1) is 0 Å². The predicted octanol–water partition coefficient (Wildman–Crippen LogP) is 3.01. The first-order valence-corrected chi connectivity index (χ1v) is 10.7. The van der Waals surface area contributed by atoms with Gasteiger partial charge in [-0.2, -0.15) is 0 Å². The molecule has 2 aromatic carbocycles. The van der Waals surface area contributed by atoms with Gasteiger partial charge in [0, 0.05) is 42.3 Å². The van der Waals surface area contributed by atoms with Crippen LogP contribution >= 0.6 is 0 Å². The molecule has 35 heavy (non-hydrogen) atoms. The lowest BCUT2D eigenvalue weighted by atomic mass is 10.0. The molecule has 0 bridgehead atoms. The average molecular weight is 476 g/mol. The van der Waals surface area contributed by atoms with Crippen LogP contribution in [-0.2, 0) is 25.5 Å². The van der Waals surface area contributed by atoms with Gasteiger partial charge < -0.3 is 29.1 Å². The van der Waals surface area contributed by atoms with Crippen LogP contribution in [0.1, 0.15) is 5.56 Å². The number of hydrogen-bond donors (Lipinski definition) is 2. The number of aromatic nitrogens is 2. The SMILES string of the molecule is COC(=O)[C@H](Cc1c[nH]c2ccccc12)N(C)C(=O)C(=O)Nc1ccc(-c2cnco2)c(OC)c1. The van der Waals surface area contributed by atoms with Gasteiger partial charge >= 0.3 is 17.8 Å². The van der Waals surface area contributed by atoms with E-state index >= 15 is 0 Å². The highest BCUT2D eigenvalue weighted by atomic mass is 16.5. The minimum absolute atomic E-state index is 0.173. The van der Waals surface area contributed by atoms with Gasteiger partial charge in [0.15, 0.2) is 12.2 Å². The zero-order valence-corrected chi connectivity index (χ0v) is 19.4. The van der Waals surface area contributed by atoms with Gasteiger partial charge in [0.25, 0.3) is 0 Å². The summed E-state index contributed by atoms with van der Waals surface area (Å²) in [4.78, 5) is 46.4. The van der Waals surface area contributed by atoms with Gasteiger partial charge in [0.2, 0.25) is 0 Å². The van der Waals surface area contributed by atoms with Crippen molar-refractivity contribution < 1.29 is 28.3 Å². The van der Waals surface area contributed by atoms with Gasteiger partial charge in [-0.05, 0) is 23.8 Å². The van der Waals surface area contributed by atoms with Crippen LogP contribution in [0.2, 0.25) is 0 Å². The van der Waals surface area contributed by atoms with E-state index in [4.69, 9.17) is 13.9 Å². The third-order valence-electron chi connectivity index (χ3n) is 5.70. The number of ether oxygens (including phenoxy) is 2. The molecule has 2 amide bonds. The number of hydrogen-bond acceptors (Lipinski definition) is 7. The second-order valence-electron chi connectivity index (χ2n) is 7.75. The van der Waals surface area contributed by atoms with Crippen LogP contribution in [0.25, 0.3) is 22.2 Å². The summed E-state index contributed by atoms with van der Waals surface area (Å²) >= 11 is 0. The van der Waals surface area contributed by atoms with Gasteiger partial charge in [-0.3, -0.25) is 9.59 Å². The lowest BCUT2D eigenvalue weighted by Gasteiger charge is -2.25. The standard InChI is InChI=1S/C25H24N4O6/c1-29(20(25(32)34-3)10-15-12-27-19-7-5-4-6-17(15)19)24(31)23(30)28-16-8-9-18(21(11-16)33-2)22-13-26-14-35-22/h4-9,11-14,20,27H,10H2,1-3H3,(H,28,30)/t20-/m0/s1. The number of oxazole rings is 1. The number of benzene rings is 2. The number of nitrogens with zero attached hydrogens (tertiary/aromatic N) is 2. The monoisotopic (exact) mass is 476 g/mol. The number of anilines is 1. The van der Waals surface area contributed by atoms with E-state index in [9.17, 15) is 14.4 Å². The van der Waals surface area contributed by atoms with Crippen LogP contribution in [0.4, 0.5) is 5.69 Å². The lowest BCUT2D eigenvalue weighted by molar-refractivity contribution is -0.153. The van der Waals surface area contributed by atoms with Crippen molar-refractivity contribution in [3.05, 3.63) is 66.8 Å². The van der Waals surface area contributed by atoms with Crippen molar-refractivity contribution in [2.75, 3.05) is 26.6 Å². The second-order valence-corrected chi connectivity index (χ2v) is 7.75. The predicted molar refractivity (Wildman–Crippen MR) is 128 cm³/mol. The topological polar surface area (TPSA) is 127 Å². The van der Waals surface area contributed by atoms with Crippen molar-refractivity contribution >= 4 is 34.4 Å². The quantitative estimate of drug-likeness (QED) is 0.310. The van der Waals surface area contributed by atoms with Crippen molar-refractivity contribution in [1.29, 1.82) is 0 Å². The lowest BCUT2D eigenvalue weighted by Crippen LogP contribution is -2.48. The summed E-state index contributed by atoms with van der Waals surface area (Å²) in [5.74, 6) is -1.51. The number of likely N-dealkylation sites (N-methyl/N-ethyl adjacent to an activating group) is 1. The molecule has 0 aliphatic carbocycles. The van der Waals surface area contributed by atoms with E-state index < -0.39 is 23.8 Å². The van der Waals surface area contributed by atoms with Gasteiger partial charge in [-0.1, -0.05) is 18.2 Å². The molecule has 2 heterocycles. The Bertz CT molecular complexity index is 1360. The summed E-state index contributed by atoms with van der Waals surface area (Å²) in [6.07, 6.45) is 4.79. The van der Waals surface area contributed by atoms with Crippen molar-refractivity contribution in [3.63, 3.8) is 0 Å². The molecule has 4 aromatic rings. The molecule has 0 fully saturated rings. The number of aromatic amines is 1. The molecule has 10 nitrogen and oxygen atoms in total. The fourth-order valence-corrected chi connectivity index (χ4v) is 3.83. The number of esters is 1. The molecule has 2 aromatic heterocycles. The van der Waals surface area contributed by atoms with Crippen LogP contribution < -0.4 is 10.1 Å². The van der Waals surface area contributed by atoms with Crippen LogP contribution in [0.5, 0.6) is 5.75 Å². The van der Waals surface area contributed by atoms with E-state index in [1.165, 1.54) is 33.9 Å². The summed E-state index contributed by atoms with van der Waals surface area (Å²) < 4.78 is 15.6. The molecular weight excluding hydrogens is 452 g/mol. The number of amides is 2. The van der Waals surface area contributed by atoms with Crippen LogP contribution in [0.3, 0.4) is 0 Å². The van der Waals surface area contributed by atoms with Gasteiger partial charge in [0.05, 0.1) is 26.0 Å². The molecule has 0 aliphatic rings. The van der Waals surface area contributed by atoms with E-state index in [2.05, 4.69) is 15.3 Å². The molecule has 4 rings (SSSR count). The zero-order chi connectivity index (χ0) is 24.9. The Kier molecular flexibility index (Phi) is 6.81. The smallest absolute Gasteiger partial charge is 0.328 e. The number of carbonyl (C=O) groups excluding carboxylic acids is 3. The minimum Gasteiger partial charge on any atom is -0.496 e. The molecule has 0 aliphatic heterocycles. The number of carbonyl (C=O) groups is 3. The number of rotatable bonds is 7. The summed E-state index contributed by atoms with van der Waals surface area (Å²) in [6.45, 7) is 0. The Morgan fingerprint density at radius 2 is 1.97 bits per heavy atom. The molecule has 0 unspecified atom stereocenters. The van der Waals surface area contributed by atoms with Crippen molar-refractivity contribution in [1.82, 2.24) is 14.9 Å². The summed E-state index contributed by atoms with van der Waals surface area (Å²) in [5, 5.41) is 3.48. The van der Waals surface area contributed by atoms with Crippen molar-refractivity contribution in [2.45, 2.75) is 12.5 Å². The molecule has 1 atom stereocenters. The molecule has 2 N–H and O–H groups in total. The first-order chi connectivity index (χ1) is 16.9. The maximum Gasteiger partial charge on any atom is 0.328 e. The molecule has 0 radical (unpaired) electrons. The Balaban J connectivity index is 1.51. The van der Waals surface area contributed by atoms with Crippen LogP contribution in [0, 0.1) is 0 Å². The number of para-hydroxylation sites is 1. The van der Waals surface area contributed by atoms with Crippen LogP contribution in [0.15, 0.2) is 65.7 Å². The third-order valence-corrected chi connectivity index (χ3v) is 5.70. The first kappa shape index (κ1) is 23.6. The van der Waals surface area contributed by atoms with E-state index in [1.54, 1.807) is 24.4 Å². The summed E-state index contributed by atoms with van der Waals surface area (Å²) in [5.41, 5.74) is 2.70. The highest BCUT2D eigenvalue weighted by Gasteiger charge is 2.32. The fourth-order valence-electron chi connectivity index (χ4n) is 3.83. The molecule has 0 spiro atoms. The fraction of sp³-hybridized carbons (Fsp3) is 0.200. The maximum absolute atomic E-state index is 13.0. The average Bonchev–Trinajstić information content (AvgIpc) is 3.56. The molecule has 0 saturated carbocycles. The zero-order valence-electron chi connectivity index (χ0n) is 19.4. The first-order valence-electron chi connectivity index (χ1n) is 10.7. The van der Waals surface area contributed by atoms with E-state index in [0.717, 1.165) is 21.4 Å². The summed E-state index contributed by atoms with van der Waals surface area (Å²) in [7, 11) is 4.11. The third kappa shape index (κ3) is 4.86. The van der Waals surface area contributed by atoms with Crippen molar-refractivity contribution in [2.24, 2.45) is 0 Å². The molecule has 0 saturated heterocycles. The minimum atomic E-state index is -0.999. The Morgan fingerprint density at radius 1 is 1.17 bits per heavy atom. The number of fused-ring (bicyclic) bond motifs is 1.